The minimum Gasteiger partial charge on any atom is -0.354 e. The van der Waals surface area contributed by atoms with Crippen LogP contribution in [0.5, 0.6) is 0 Å². The molecule has 0 aliphatic heterocycles. The molecule has 0 saturated carbocycles. The van der Waals surface area contributed by atoms with Crippen LogP contribution >= 0.6 is 27.5 Å². The third-order valence-electron chi connectivity index (χ3n) is 7.10. The summed E-state index contributed by atoms with van der Waals surface area (Å²) in [6.07, 6.45) is 0.976. The van der Waals surface area contributed by atoms with Gasteiger partial charge in [0, 0.05) is 29.0 Å². The molecule has 44 heavy (non-hydrogen) atoms. The Balaban J connectivity index is 1.81. The fraction of sp³-hybridized carbons (Fsp3) is 0.235. The van der Waals surface area contributed by atoms with Crippen LogP contribution in [0.15, 0.2) is 112 Å². The summed E-state index contributed by atoms with van der Waals surface area (Å²) in [6, 6.07) is 28.9. The molecule has 4 aromatic rings. The van der Waals surface area contributed by atoms with Gasteiger partial charge in [-0.3, -0.25) is 13.9 Å². The fourth-order valence-electron chi connectivity index (χ4n) is 4.88. The van der Waals surface area contributed by atoms with Gasteiger partial charge in [0.1, 0.15) is 12.6 Å². The van der Waals surface area contributed by atoms with Gasteiger partial charge in [0.05, 0.1) is 10.6 Å². The fourth-order valence-corrected chi connectivity index (χ4v) is 7.06. The van der Waals surface area contributed by atoms with Crippen LogP contribution in [0, 0.1) is 6.92 Å². The number of aryl methyl sites for hydroxylation is 1. The molecular formula is C34H35BrClN3O4S. The summed E-state index contributed by atoms with van der Waals surface area (Å²) in [5, 5.41) is 3.40. The predicted octanol–water partition coefficient (Wildman–Crippen LogP) is 6.77. The number of benzene rings is 4. The highest BCUT2D eigenvalue weighted by Gasteiger charge is 2.35. The molecule has 0 aromatic heterocycles. The van der Waals surface area contributed by atoms with E-state index in [9.17, 15) is 18.0 Å². The topological polar surface area (TPSA) is 86.8 Å². The summed E-state index contributed by atoms with van der Waals surface area (Å²) < 4.78 is 30.1. The molecule has 0 radical (unpaired) electrons. The van der Waals surface area contributed by atoms with Crippen molar-refractivity contribution in [2.45, 2.75) is 44.2 Å². The third-order valence-corrected chi connectivity index (χ3v) is 9.60. The van der Waals surface area contributed by atoms with Crippen LogP contribution in [0.1, 0.15) is 30.0 Å². The molecule has 4 rings (SSSR count). The van der Waals surface area contributed by atoms with Crippen LogP contribution in [-0.4, -0.2) is 44.3 Å². The zero-order chi connectivity index (χ0) is 31.7. The number of carbonyl (C=O) groups is 2. The predicted molar refractivity (Wildman–Crippen MR) is 179 cm³/mol. The molecule has 2 amide bonds. The Morgan fingerprint density at radius 1 is 0.886 bits per heavy atom. The molecule has 1 atom stereocenters. The van der Waals surface area contributed by atoms with Crippen molar-refractivity contribution in [1.82, 2.24) is 10.2 Å². The Hall–Kier alpha value is -3.66. The second-order valence-corrected chi connectivity index (χ2v) is 13.6. The molecule has 0 saturated heterocycles. The summed E-state index contributed by atoms with van der Waals surface area (Å²) in [5.41, 5.74) is 2.57. The molecule has 230 valence electrons. The van der Waals surface area contributed by atoms with E-state index >= 15 is 0 Å². The van der Waals surface area contributed by atoms with E-state index in [-0.39, 0.29) is 23.8 Å². The Kier molecular flexibility index (Phi) is 11.6. The van der Waals surface area contributed by atoms with Crippen LogP contribution < -0.4 is 9.62 Å². The Labute approximate surface area is 273 Å². The maximum atomic E-state index is 14.5. The van der Waals surface area contributed by atoms with E-state index in [4.69, 9.17) is 11.6 Å². The van der Waals surface area contributed by atoms with Gasteiger partial charge >= 0.3 is 0 Å². The molecule has 0 spiro atoms. The summed E-state index contributed by atoms with van der Waals surface area (Å²) in [6.45, 7) is 3.71. The zero-order valence-corrected chi connectivity index (χ0v) is 27.8. The van der Waals surface area contributed by atoms with Crippen molar-refractivity contribution in [2.24, 2.45) is 0 Å². The van der Waals surface area contributed by atoms with Crippen molar-refractivity contribution in [3.8, 4) is 0 Å². The summed E-state index contributed by atoms with van der Waals surface area (Å²) >= 11 is 9.71. The van der Waals surface area contributed by atoms with Crippen LogP contribution in [0.3, 0.4) is 0 Å². The van der Waals surface area contributed by atoms with Gasteiger partial charge in [0.25, 0.3) is 10.0 Å². The minimum absolute atomic E-state index is 0.0437. The monoisotopic (exact) mass is 695 g/mol. The standard InChI is InChI=1S/C34H35BrClN3O4S/c1-3-19-37-34(41)32(22-26-11-6-4-7-12-26)38(23-27-13-10-14-28(35)21-27)33(40)24-39(31-18-17-29(36)20-25(31)2)44(42,43)30-15-8-5-9-16-30/h4-18,20-21,32H,3,19,22-24H2,1-2H3,(H,37,41). The van der Waals surface area contributed by atoms with E-state index in [2.05, 4.69) is 21.2 Å². The summed E-state index contributed by atoms with van der Waals surface area (Å²) in [4.78, 5) is 29.7. The normalized spacial score (nSPS) is 11.9. The minimum atomic E-state index is -4.18. The Morgan fingerprint density at radius 3 is 2.18 bits per heavy atom. The Morgan fingerprint density at radius 2 is 1.55 bits per heavy atom. The molecule has 1 N–H and O–H groups in total. The summed E-state index contributed by atoms with van der Waals surface area (Å²) in [5.74, 6) is -0.828. The molecule has 0 aliphatic carbocycles. The number of halogens is 2. The highest BCUT2D eigenvalue weighted by atomic mass is 79.9. The van der Waals surface area contributed by atoms with Crippen LogP contribution in [-0.2, 0) is 32.6 Å². The van der Waals surface area contributed by atoms with E-state index in [1.54, 1.807) is 43.3 Å². The van der Waals surface area contributed by atoms with E-state index in [1.807, 2.05) is 61.5 Å². The number of amides is 2. The van der Waals surface area contributed by atoms with Crippen molar-refractivity contribution in [1.29, 1.82) is 0 Å². The average Bonchev–Trinajstić information content (AvgIpc) is 3.01. The number of carbonyl (C=O) groups excluding carboxylic acids is 2. The average molecular weight is 697 g/mol. The van der Waals surface area contributed by atoms with Gasteiger partial charge in [-0.25, -0.2) is 8.42 Å². The third kappa shape index (κ3) is 8.49. The quantitative estimate of drug-likeness (QED) is 0.167. The number of hydrogen-bond acceptors (Lipinski definition) is 4. The largest absolute Gasteiger partial charge is 0.354 e. The van der Waals surface area contributed by atoms with Crippen molar-refractivity contribution in [3.05, 3.63) is 129 Å². The van der Waals surface area contributed by atoms with Gasteiger partial charge in [-0.15, -0.1) is 0 Å². The SMILES string of the molecule is CCCNC(=O)C(Cc1ccccc1)N(Cc1cccc(Br)c1)C(=O)CN(c1ccc(Cl)cc1C)S(=O)(=O)c1ccccc1. The van der Waals surface area contributed by atoms with Gasteiger partial charge in [-0.05, 0) is 72.5 Å². The van der Waals surface area contributed by atoms with Gasteiger partial charge < -0.3 is 10.2 Å². The van der Waals surface area contributed by atoms with Gasteiger partial charge in [-0.2, -0.15) is 0 Å². The first kappa shape index (κ1) is 33.2. The van der Waals surface area contributed by atoms with Crippen LogP contribution in [0.25, 0.3) is 0 Å². The van der Waals surface area contributed by atoms with Crippen molar-refractivity contribution >= 4 is 55.1 Å². The Bertz CT molecular complexity index is 1690. The number of rotatable bonds is 13. The number of nitrogens with one attached hydrogen (secondary N) is 1. The van der Waals surface area contributed by atoms with E-state index < -0.39 is 28.5 Å². The van der Waals surface area contributed by atoms with Crippen molar-refractivity contribution in [3.63, 3.8) is 0 Å². The molecule has 0 heterocycles. The molecule has 7 nitrogen and oxygen atoms in total. The first-order valence-electron chi connectivity index (χ1n) is 14.3. The molecule has 1 unspecified atom stereocenters. The van der Waals surface area contributed by atoms with E-state index in [0.29, 0.717) is 22.8 Å². The lowest BCUT2D eigenvalue weighted by atomic mass is 10.0. The van der Waals surface area contributed by atoms with E-state index in [0.717, 1.165) is 26.3 Å². The molecule has 0 aliphatic rings. The highest BCUT2D eigenvalue weighted by molar-refractivity contribution is 9.10. The van der Waals surface area contributed by atoms with Crippen LogP contribution in [0.4, 0.5) is 5.69 Å². The van der Waals surface area contributed by atoms with E-state index in [1.165, 1.54) is 17.0 Å². The zero-order valence-electron chi connectivity index (χ0n) is 24.6. The first-order valence-corrected chi connectivity index (χ1v) is 16.9. The molecule has 0 fully saturated rings. The molecule has 10 heteroatoms. The molecule has 4 aromatic carbocycles. The number of hydrogen-bond donors (Lipinski definition) is 1. The second-order valence-electron chi connectivity index (χ2n) is 10.4. The second kappa shape index (κ2) is 15.4. The van der Waals surface area contributed by atoms with Gasteiger partial charge in [-0.1, -0.05) is 95.1 Å². The van der Waals surface area contributed by atoms with Crippen LogP contribution in [0.2, 0.25) is 5.02 Å². The molecular weight excluding hydrogens is 662 g/mol. The number of sulfonamides is 1. The maximum absolute atomic E-state index is 14.5. The summed E-state index contributed by atoms with van der Waals surface area (Å²) in [7, 11) is -4.18. The van der Waals surface area contributed by atoms with Gasteiger partial charge in [0.2, 0.25) is 11.8 Å². The van der Waals surface area contributed by atoms with Crippen molar-refractivity contribution < 1.29 is 18.0 Å². The lowest BCUT2D eigenvalue weighted by Crippen LogP contribution is -2.53. The number of nitrogens with zero attached hydrogens (tertiary/aromatic N) is 2. The number of anilines is 1. The lowest BCUT2D eigenvalue weighted by molar-refractivity contribution is -0.140. The molecule has 0 bridgehead atoms. The smallest absolute Gasteiger partial charge is 0.264 e. The lowest BCUT2D eigenvalue weighted by Gasteiger charge is -2.34. The van der Waals surface area contributed by atoms with Gasteiger partial charge in [0.15, 0.2) is 0 Å². The maximum Gasteiger partial charge on any atom is 0.264 e. The highest BCUT2D eigenvalue weighted by Crippen LogP contribution is 2.29. The first-order chi connectivity index (χ1) is 21.1. The van der Waals surface area contributed by atoms with Crippen molar-refractivity contribution in [2.75, 3.05) is 17.4 Å².